The molecule has 1 aliphatic carbocycles. The van der Waals surface area contributed by atoms with E-state index in [1.165, 1.54) is 36.4 Å². The van der Waals surface area contributed by atoms with Crippen molar-refractivity contribution >= 4 is 58.9 Å². The number of anilines is 1. The zero-order valence-electron chi connectivity index (χ0n) is 28.4. The van der Waals surface area contributed by atoms with Crippen LogP contribution in [0.3, 0.4) is 0 Å². The van der Waals surface area contributed by atoms with Gasteiger partial charge in [-0.2, -0.15) is 77.0 Å². The Hall–Kier alpha value is -2.41. The number of allylic oxidation sites excluding steroid dienone is 5. The van der Waals surface area contributed by atoms with E-state index in [1.807, 2.05) is 13.0 Å². The summed E-state index contributed by atoms with van der Waals surface area (Å²) in [5.74, 6) is 0. The topological polar surface area (TPSA) is 192 Å². The van der Waals surface area contributed by atoms with E-state index in [0.29, 0.717) is 39.2 Å². The molecule has 0 spiro atoms. The molecule has 1 atom stereocenters. The van der Waals surface area contributed by atoms with Crippen LogP contribution >= 0.6 is 11.6 Å². The average Bonchev–Trinajstić information content (AvgIpc) is 3.04. The van der Waals surface area contributed by atoms with Crippen molar-refractivity contribution in [1.82, 2.24) is 0 Å². The van der Waals surface area contributed by atoms with Crippen LogP contribution in [0, 0.1) is 19.1 Å². The van der Waals surface area contributed by atoms with Crippen molar-refractivity contribution in [3.05, 3.63) is 153 Å². The van der Waals surface area contributed by atoms with Crippen molar-refractivity contribution in [2.45, 2.75) is 35.6 Å². The van der Waals surface area contributed by atoms with E-state index >= 15 is 0 Å². The van der Waals surface area contributed by atoms with Gasteiger partial charge >= 0.3 is 59.1 Å². The Bertz CT molecular complexity index is 2450. The zero-order chi connectivity index (χ0) is 36.4. The summed E-state index contributed by atoms with van der Waals surface area (Å²) < 4.78 is 103. The van der Waals surface area contributed by atoms with Crippen LogP contribution in [0.4, 0.5) is 5.69 Å². The van der Waals surface area contributed by atoms with Crippen molar-refractivity contribution in [2.24, 2.45) is 0 Å². The van der Waals surface area contributed by atoms with Crippen molar-refractivity contribution in [3.8, 4) is 0 Å². The average molecular weight is 799 g/mol. The summed E-state index contributed by atoms with van der Waals surface area (Å²) in [6.07, 6.45) is 5.34. The Morgan fingerprint density at radius 1 is 0.942 bits per heavy atom. The zero-order valence-corrected chi connectivity index (χ0v) is 35.6. The van der Waals surface area contributed by atoms with Gasteiger partial charge in [0.15, 0.2) is 6.54 Å². The fourth-order valence-corrected chi connectivity index (χ4v) is 7.73. The normalized spacial score (nSPS) is 15.6. The van der Waals surface area contributed by atoms with Crippen molar-refractivity contribution < 1.29 is 103 Å². The third-order valence-electron chi connectivity index (χ3n) is 7.75. The molecule has 5 rings (SSSR count). The van der Waals surface area contributed by atoms with Crippen molar-refractivity contribution in [1.29, 1.82) is 0 Å². The Morgan fingerprint density at radius 2 is 1.67 bits per heavy atom. The summed E-state index contributed by atoms with van der Waals surface area (Å²) in [5, 5.41) is 1.12. The summed E-state index contributed by atoms with van der Waals surface area (Å²) in [5.41, 5.74) is 5.07. The van der Waals surface area contributed by atoms with Crippen LogP contribution in [-0.4, -0.2) is 44.6 Å². The number of nitrogens with one attached hydrogen (secondary N) is 2. The molecule has 4 aromatic rings. The molecule has 0 bridgehead atoms. The molecule has 0 aliphatic heterocycles. The first-order valence-corrected chi connectivity index (χ1v) is 19.4. The minimum Gasteiger partial charge on any atom is -0.744 e. The van der Waals surface area contributed by atoms with E-state index in [0.717, 1.165) is 5.57 Å². The second kappa shape index (κ2) is 17.8. The molecule has 1 aliphatic rings. The second-order valence-corrected chi connectivity index (χ2v) is 15.9. The van der Waals surface area contributed by atoms with Crippen LogP contribution in [0.25, 0.3) is 5.57 Å². The SMILES string of the molecule is CC1=CC(=C(c2ccc(NC(c3c[c-]ccc3)S(=O)(=O)O)c(C)c2)c2cc[c-]c(S(=O)(=O)O)c2Cl)C=CC1=[NH+]Cc1cccc(S(=O)(=O)[O-])c1.[Na+].[Na+]. The fraction of sp³-hybridized carbons (Fsp3) is 0.114. The van der Waals surface area contributed by atoms with E-state index in [-0.39, 0.29) is 86.7 Å². The van der Waals surface area contributed by atoms with Crippen LogP contribution in [0.1, 0.15) is 40.1 Å². The summed E-state index contributed by atoms with van der Waals surface area (Å²) in [6.45, 7) is 3.75. The molecule has 17 heteroatoms. The van der Waals surface area contributed by atoms with Gasteiger partial charge in [-0.1, -0.05) is 18.2 Å². The van der Waals surface area contributed by atoms with Gasteiger partial charge in [0.1, 0.15) is 15.5 Å². The van der Waals surface area contributed by atoms with E-state index in [4.69, 9.17) is 11.6 Å². The molecular formula is C35H29ClN2Na2O9S3. The molecule has 4 aromatic carbocycles. The number of rotatable bonds is 10. The number of halogens is 1. The Labute approximate surface area is 352 Å². The maximum absolute atomic E-state index is 12.3. The van der Waals surface area contributed by atoms with E-state index in [1.54, 1.807) is 61.5 Å². The van der Waals surface area contributed by atoms with Crippen LogP contribution < -0.4 is 69.4 Å². The molecule has 11 nitrogen and oxygen atoms in total. The van der Waals surface area contributed by atoms with E-state index < -0.39 is 40.6 Å². The van der Waals surface area contributed by atoms with Gasteiger partial charge in [0.05, 0.1) is 4.90 Å². The summed E-state index contributed by atoms with van der Waals surface area (Å²) in [7, 11) is -14.0. The van der Waals surface area contributed by atoms with E-state index in [9.17, 15) is 38.9 Å². The monoisotopic (exact) mass is 798 g/mol. The molecule has 0 radical (unpaired) electrons. The van der Waals surface area contributed by atoms with Gasteiger partial charge in [-0.05, 0) is 82.5 Å². The Kier molecular flexibility index (Phi) is 15.1. The van der Waals surface area contributed by atoms with E-state index in [2.05, 4.69) is 22.4 Å². The maximum Gasteiger partial charge on any atom is 1.00 e. The molecule has 260 valence electrons. The number of hydrogen-bond donors (Lipinski definition) is 4. The molecule has 0 aromatic heterocycles. The Balaban J connectivity index is 0.00000364. The van der Waals surface area contributed by atoms with Crippen LogP contribution in [0.15, 0.2) is 118 Å². The van der Waals surface area contributed by atoms with Gasteiger partial charge < -0.3 is 9.87 Å². The summed E-state index contributed by atoms with van der Waals surface area (Å²) in [6, 6.07) is 25.0. The molecule has 0 amide bonds. The second-order valence-electron chi connectivity index (χ2n) is 11.3. The molecule has 1 unspecified atom stereocenters. The van der Waals surface area contributed by atoms with Gasteiger partial charge in [0.25, 0.3) is 20.2 Å². The first kappa shape index (κ1) is 44.0. The number of aryl methyl sites for hydroxylation is 1. The van der Waals surface area contributed by atoms with Crippen LogP contribution in [0.2, 0.25) is 5.02 Å². The number of hydrogen-bond acceptors (Lipinski definition) is 8. The van der Waals surface area contributed by atoms with Gasteiger partial charge in [0, 0.05) is 22.9 Å². The minimum absolute atomic E-state index is 0. The van der Waals surface area contributed by atoms with Crippen LogP contribution in [0.5, 0.6) is 0 Å². The smallest absolute Gasteiger partial charge is 0.744 e. The van der Waals surface area contributed by atoms with Gasteiger partial charge in [-0.15, -0.1) is 11.1 Å². The van der Waals surface area contributed by atoms with Crippen molar-refractivity contribution in [2.75, 3.05) is 5.32 Å². The maximum atomic E-state index is 12.3. The third-order valence-corrected chi connectivity index (χ3v) is 10.9. The van der Waals surface area contributed by atoms with Crippen molar-refractivity contribution in [3.63, 3.8) is 0 Å². The largest absolute Gasteiger partial charge is 1.00 e. The predicted molar refractivity (Wildman–Crippen MR) is 187 cm³/mol. The molecule has 0 saturated carbocycles. The third kappa shape index (κ3) is 10.6. The summed E-state index contributed by atoms with van der Waals surface area (Å²) >= 11 is 6.60. The molecule has 4 N–H and O–H groups in total. The molecule has 52 heavy (non-hydrogen) atoms. The minimum atomic E-state index is -4.74. The van der Waals surface area contributed by atoms with Gasteiger partial charge in [0.2, 0.25) is 5.71 Å². The van der Waals surface area contributed by atoms with Gasteiger partial charge in [-0.3, -0.25) is 9.11 Å². The molecule has 0 saturated heterocycles. The standard InChI is InChI=1S/C35H29ClN2O9S3.2Na/c1-22-18-26(14-16-30(22)37-21-24-8-6-11-28(20-24)48(39,40)41)33(29-12-7-13-32(34(29)36)49(42,43)44)27-15-17-31(23(2)19-27)38-35(50(45,46)47)25-9-4-3-5-10-25;;/h3-4,6-12,14-20,35,38H,21H2,1-2H3,(H,39,40,41)(H,42,43,44)(H,45,46,47);;/q-2;2*+1. The first-order valence-electron chi connectivity index (χ1n) is 14.7. The fourth-order valence-electron chi connectivity index (χ4n) is 5.37. The molecule has 0 fully saturated rings. The quantitative estimate of drug-likeness (QED) is 0.0830. The molecule has 0 heterocycles. The number of benzene rings is 4. The molecular weight excluding hydrogens is 770 g/mol. The first-order chi connectivity index (χ1) is 23.4. The Morgan fingerprint density at radius 3 is 2.27 bits per heavy atom. The van der Waals surface area contributed by atoms with Gasteiger partial charge in [-0.25, -0.2) is 13.4 Å². The predicted octanol–water partition coefficient (Wildman–Crippen LogP) is -1.55. The summed E-state index contributed by atoms with van der Waals surface area (Å²) in [4.78, 5) is 2.27. The van der Waals surface area contributed by atoms with Crippen LogP contribution in [-0.2, 0) is 36.9 Å².